The number of alkyl halides is 3. The number of nitrogens with zero attached hydrogens (tertiary/aromatic N) is 1. The maximum Gasteiger partial charge on any atom is 0.573 e. The molecule has 1 fully saturated rings. The summed E-state index contributed by atoms with van der Waals surface area (Å²) in [7, 11) is 0. The monoisotopic (exact) mass is 232 g/mol. The Morgan fingerprint density at radius 1 is 1.12 bits per heavy atom. The van der Waals surface area contributed by atoms with Crippen LogP contribution in [0.5, 0.6) is 11.5 Å². The van der Waals surface area contributed by atoms with Crippen LogP contribution in [0.1, 0.15) is 0 Å². The number of ether oxygens (including phenoxy) is 2. The Labute approximate surface area is 90.2 Å². The lowest BCUT2D eigenvalue weighted by Crippen LogP contribution is -2.45. The van der Waals surface area contributed by atoms with E-state index in [2.05, 4.69) is 10.1 Å². The van der Waals surface area contributed by atoms with E-state index >= 15 is 0 Å². The minimum absolute atomic E-state index is 0.0970. The van der Waals surface area contributed by atoms with Gasteiger partial charge in [0.2, 0.25) is 0 Å². The van der Waals surface area contributed by atoms with Gasteiger partial charge in [0.1, 0.15) is 6.10 Å². The highest BCUT2D eigenvalue weighted by Gasteiger charge is 2.33. The highest BCUT2D eigenvalue weighted by Crippen LogP contribution is 2.32. The molecule has 0 spiro atoms. The van der Waals surface area contributed by atoms with E-state index in [-0.39, 0.29) is 17.6 Å². The Morgan fingerprint density at radius 3 is 2.25 bits per heavy atom. The summed E-state index contributed by atoms with van der Waals surface area (Å²) in [6, 6.07) is 5.71. The van der Waals surface area contributed by atoms with Crippen LogP contribution >= 0.6 is 0 Å². The van der Waals surface area contributed by atoms with Crippen molar-refractivity contribution in [3.05, 3.63) is 24.3 Å². The standard InChI is InChI=1S/C10H9F3NO2/c11-10(12,13)16-9-4-2-1-3-8(9)15-7-5-14-6-7/h1-4,7H,5-6H2. The molecule has 0 bridgehead atoms. The Kier molecular flexibility index (Phi) is 2.91. The molecule has 6 heteroatoms. The molecular weight excluding hydrogens is 223 g/mol. The fourth-order valence-corrected chi connectivity index (χ4v) is 1.25. The Balaban J connectivity index is 2.09. The summed E-state index contributed by atoms with van der Waals surface area (Å²) in [4.78, 5) is 0. The lowest BCUT2D eigenvalue weighted by molar-refractivity contribution is -0.275. The third kappa shape index (κ3) is 2.79. The molecule has 1 saturated heterocycles. The molecule has 0 amide bonds. The summed E-state index contributed by atoms with van der Waals surface area (Å²) in [5, 5.41) is 3.91. The molecule has 0 unspecified atom stereocenters. The highest BCUT2D eigenvalue weighted by molar-refractivity contribution is 5.39. The van der Waals surface area contributed by atoms with Crippen LogP contribution in [0.4, 0.5) is 13.2 Å². The van der Waals surface area contributed by atoms with E-state index in [1.54, 1.807) is 6.07 Å². The summed E-state index contributed by atoms with van der Waals surface area (Å²) in [6.07, 6.45) is -4.85. The number of rotatable bonds is 3. The highest BCUT2D eigenvalue weighted by atomic mass is 19.4. The first kappa shape index (κ1) is 11.1. The molecular formula is C10H9F3NO2. The number of halogens is 3. The molecule has 2 rings (SSSR count). The molecule has 0 N–H and O–H groups in total. The van der Waals surface area contributed by atoms with Crippen LogP contribution in [-0.2, 0) is 0 Å². The van der Waals surface area contributed by atoms with Crippen molar-refractivity contribution in [2.75, 3.05) is 13.1 Å². The first-order chi connectivity index (χ1) is 7.54. The van der Waals surface area contributed by atoms with Gasteiger partial charge in [-0.25, -0.2) is 5.32 Å². The van der Waals surface area contributed by atoms with Gasteiger partial charge in [-0.1, -0.05) is 12.1 Å². The number of hydrogen-bond donors (Lipinski definition) is 0. The van der Waals surface area contributed by atoms with Crippen LogP contribution in [0, 0.1) is 0 Å². The van der Waals surface area contributed by atoms with Gasteiger partial charge in [-0.3, -0.25) is 0 Å². The minimum Gasteiger partial charge on any atom is -0.484 e. The van der Waals surface area contributed by atoms with Gasteiger partial charge in [-0.05, 0) is 12.1 Å². The Hall–Kier alpha value is -1.43. The third-order valence-corrected chi connectivity index (χ3v) is 2.03. The number of benzene rings is 1. The van der Waals surface area contributed by atoms with Crippen LogP contribution < -0.4 is 14.8 Å². The maximum absolute atomic E-state index is 12.1. The number of hydrogen-bond acceptors (Lipinski definition) is 2. The first-order valence-corrected chi connectivity index (χ1v) is 4.69. The molecule has 0 aromatic heterocycles. The van der Waals surface area contributed by atoms with Crippen LogP contribution in [0.25, 0.3) is 0 Å². The molecule has 0 atom stereocenters. The summed E-state index contributed by atoms with van der Waals surface area (Å²) >= 11 is 0. The second kappa shape index (κ2) is 4.21. The smallest absolute Gasteiger partial charge is 0.484 e. The van der Waals surface area contributed by atoms with E-state index < -0.39 is 6.36 Å². The quantitative estimate of drug-likeness (QED) is 0.797. The Morgan fingerprint density at radius 2 is 1.75 bits per heavy atom. The predicted octanol–water partition coefficient (Wildman–Crippen LogP) is 1.95. The number of para-hydroxylation sites is 2. The third-order valence-electron chi connectivity index (χ3n) is 2.03. The van der Waals surface area contributed by atoms with Gasteiger partial charge in [0.05, 0.1) is 13.1 Å². The van der Waals surface area contributed by atoms with E-state index in [0.717, 1.165) is 0 Å². The van der Waals surface area contributed by atoms with Crippen molar-refractivity contribution in [1.29, 1.82) is 0 Å². The summed E-state index contributed by atoms with van der Waals surface area (Å²) in [6.45, 7) is 1.03. The fourth-order valence-electron chi connectivity index (χ4n) is 1.25. The minimum atomic E-state index is -4.70. The van der Waals surface area contributed by atoms with Gasteiger partial charge in [0.15, 0.2) is 11.5 Å². The topological polar surface area (TPSA) is 32.6 Å². The zero-order valence-corrected chi connectivity index (χ0v) is 8.20. The van der Waals surface area contributed by atoms with Crippen molar-refractivity contribution in [2.45, 2.75) is 12.5 Å². The molecule has 0 saturated carbocycles. The van der Waals surface area contributed by atoms with Crippen molar-refractivity contribution in [1.82, 2.24) is 5.32 Å². The van der Waals surface area contributed by atoms with Crippen LogP contribution in [-0.4, -0.2) is 25.6 Å². The van der Waals surface area contributed by atoms with Crippen molar-refractivity contribution in [2.24, 2.45) is 0 Å². The van der Waals surface area contributed by atoms with Gasteiger partial charge in [-0.15, -0.1) is 13.2 Å². The lowest BCUT2D eigenvalue weighted by Gasteiger charge is -2.27. The van der Waals surface area contributed by atoms with E-state index in [4.69, 9.17) is 4.74 Å². The maximum atomic E-state index is 12.1. The molecule has 1 aromatic carbocycles. The molecule has 1 radical (unpaired) electrons. The van der Waals surface area contributed by atoms with Gasteiger partial charge in [0.25, 0.3) is 0 Å². The molecule has 1 heterocycles. The second-order valence-corrected chi connectivity index (χ2v) is 3.32. The molecule has 1 aromatic rings. The molecule has 87 valence electrons. The zero-order chi connectivity index (χ0) is 11.6. The van der Waals surface area contributed by atoms with Crippen molar-refractivity contribution in [3.8, 4) is 11.5 Å². The summed E-state index contributed by atoms with van der Waals surface area (Å²) < 4.78 is 45.3. The van der Waals surface area contributed by atoms with E-state index in [9.17, 15) is 13.2 Å². The van der Waals surface area contributed by atoms with Crippen molar-refractivity contribution in [3.63, 3.8) is 0 Å². The first-order valence-electron chi connectivity index (χ1n) is 4.69. The summed E-state index contributed by atoms with van der Waals surface area (Å²) in [5.74, 6) is -0.221. The van der Waals surface area contributed by atoms with E-state index in [0.29, 0.717) is 13.1 Å². The van der Waals surface area contributed by atoms with Gasteiger partial charge < -0.3 is 9.47 Å². The van der Waals surface area contributed by atoms with Crippen molar-refractivity contribution >= 4 is 0 Å². The van der Waals surface area contributed by atoms with Gasteiger partial charge in [-0.2, -0.15) is 0 Å². The van der Waals surface area contributed by atoms with Crippen LogP contribution in [0.3, 0.4) is 0 Å². The molecule has 3 nitrogen and oxygen atoms in total. The predicted molar refractivity (Wildman–Crippen MR) is 49.4 cm³/mol. The van der Waals surface area contributed by atoms with Crippen LogP contribution in [0.15, 0.2) is 24.3 Å². The normalized spacial score (nSPS) is 16.7. The van der Waals surface area contributed by atoms with E-state index in [1.165, 1.54) is 18.2 Å². The zero-order valence-electron chi connectivity index (χ0n) is 8.20. The summed E-state index contributed by atoms with van der Waals surface area (Å²) in [5.41, 5.74) is 0. The van der Waals surface area contributed by atoms with Gasteiger partial charge in [0, 0.05) is 0 Å². The van der Waals surface area contributed by atoms with Crippen LogP contribution in [0.2, 0.25) is 0 Å². The second-order valence-electron chi connectivity index (χ2n) is 3.32. The SMILES string of the molecule is FC(F)(F)Oc1ccccc1OC1C[N]C1. The average Bonchev–Trinajstić information content (AvgIpc) is 2.11. The lowest BCUT2D eigenvalue weighted by atomic mass is 10.2. The average molecular weight is 232 g/mol. The fraction of sp³-hybridized carbons (Fsp3) is 0.400. The molecule has 16 heavy (non-hydrogen) atoms. The Bertz CT molecular complexity index is 363. The van der Waals surface area contributed by atoms with Crippen molar-refractivity contribution < 1.29 is 22.6 Å². The molecule has 0 aliphatic carbocycles. The van der Waals surface area contributed by atoms with E-state index in [1.807, 2.05) is 0 Å². The largest absolute Gasteiger partial charge is 0.573 e. The molecule has 1 aliphatic heterocycles. The van der Waals surface area contributed by atoms with Gasteiger partial charge >= 0.3 is 6.36 Å². The molecule has 1 aliphatic rings.